The molecule has 3 amide bonds. The first-order chi connectivity index (χ1) is 18.2. The Morgan fingerprint density at radius 1 is 1.00 bits per heavy atom. The Labute approximate surface area is 226 Å². The molecule has 1 saturated carbocycles. The number of rotatable bonds is 9. The van der Waals surface area contributed by atoms with E-state index in [2.05, 4.69) is 27.3 Å². The van der Waals surface area contributed by atoms with Crippen LogP contribution < -0.4 is 21.3 Å². The van der Waals surface area contributed by atoms with Gasteiger partial charge < -0.3 is 16.0 Å². The molecule has 0 saturated heterocycles. The van der Waals surface area contributed by atoms with Gasteiger partial charge in [-0.05, 0) is 105 Å². The minimum absolute atomic E-state index is 0.208. The molecular weight excluding hydrogens is 501 g/mol. The molecule has 4 N–H and O–H groups in total. The predicted molar refractivity (Wildman–Crippen MR) is 150 cm³/mol. The third kappa shape index (κ3) is 6.91. The number of hydrogen-bond acceptors (Lipinski definition) is 5. The smallest absolute Gasteiger partial charge is 0.323 e. The van der Waals surface area contributed by atoms with Gasteiger partial charge in [-0.15, -0.1) is 11.8 Å². The zero-order valence-corrected chi connectivity index (χ0v) is 22.3. The lowest BCUT2D eigenvalue weighted by Gasteiger charge is -2.26. The Morgan fingerprint density at radius 2 is 1.71 bits per heavy atom. The number of nitriles is 1. The lowest BCUT2D eigenvalue weighted by molar-refractivity contribution is -0.121. The Balaban J connectivity index is 1.40. The van der Waals surface area contributed by atoms with E-state index in [1.807, 2.05) is 24.5 Å². The number of amides is 3. The molecule has 3 aromatic carbocycles. The highest BCUT2D eigenvalue weighted by atomic mass is 32.2. The van der Waals surface area contributed by atoms with E-state index in [1.165, 1.54) is 12.1 Å². The minimum Gasteiger partial charge on any atom is -0.324 e. The maximum atomic E-state index is 14.0. The van der Waals surface area contributed by atoms with Gasteiger partial charge >= 0.3 is 6.03 Å². The summed E-state index contributed by atoms with van der Waals surface area (Å²) in [5.74, 6) is -0.367. The summed E-state index contributed by atoms with van der Waals surface area (Å²) in [6.45, 7) is 3.70. The fourth-order valence-electron chi connectivity index (χ4n) is 3.94. The number of carbonyl (C=O) groups excluding carboxylic acids is 2. The molecule has 7 nitrogen and oxygen atoms in total. The van der Waals surface area contributed by atoms with Crippen LogP contribution >= 0.6 is 11.8 Å². The number of benzene rings is 3. The normalized spacial score (nSPS) is 12.9. The largest absolute Gasteiger partial charge is 0.324 e. The molecule has 0 atom stereocenters. The summed E-state index contributed by atoms with van der Waals surface area (Å²) in [7, 11) is 0. The Hall–Kier alpha value is -3.87. The molecule has 38 heavy (non-hydrogen) atoms. The molecule has 0 heterocycles. The number of halogens is 1. The Morgan fingerprint density at radius 3 is 2.37 bits per heavy atom. The summed E-state index contributed by atoms with van der Waals surface area (Å²) < 4.78 is 14.0. The summed E-state index contributed by atoms with van der Waals surface area (Å²) in [5, 5.41) is 20.9. The average molecular weight is 532 g/mol. The van der Waals surface area contributed by atoms with Crippen molar-refractivity contribution in [1.29, 1.82) is 5.26 Å². The van der Waals surface area contributed by atoms with Gasteiger partial charge in [-0.25, -0.2) is 9.18 Å². The quantitative estimate of drug-likeness (QED) is 0.238. The van der Waals surface area contributed by atoms with Gasteiger partial charge in [-0.1, -0.05) is 6.07 Å². The van der Waals surface area contributed by atoms with Gasteiger partial charge in [-0.2, -0.15) is 5.26 Å². The van der Waals surface area contributed by atoms with Crippen LogP contribution in [0.5, 0.6) is 0 Å². The molecule has 9 heteroatoms. The highest BCUT2D eigenvalue weighted by molar-refractivity contribution is 7.98. The monoisotopic (exact) mass is 531 g/mol. The van der Waals surface area contributed by atoms with Gasteiger partial charge in [0.1, 0.15) is 5.82 Å². The molecule has 0 radical (unpaired) electrons. The van der Waals surface area contributed by atoms with E-state index in [1.54, 1.807) is 55.9 Å². The van der Waals surface area contributed by atoms with Crippen molar-refractivity contribution in [3.63, 3.8) is 0 Å². The molecule has 1 aliphatic carbocycles. The SMILES string of the molecule is CSc1ccc(NC(=O)Nc2cc(F)ccc2CNC(C)(C)C(=O)Nc2ccc(C#N)c(C3CC3)c2)cc1. The van der Waals surface area contributed by atoms with E-state index < -0.39 is 17.4 Å². The van der Waals surface area contributed by atoms with Crippen LogP contribution in [0, 0.1) is 17.1 Å². The van der Waals surface area contributed by atoms with Crippen molar-refractivity contribution in [3.8, 4) is 6.07 Å². The standard InChI is InChI=1S/C29H30FN5O2S/c1-29(2,27(36)33-23-9-7-19(16-31)25(15-23)18-4-5-18)32-17-20-6-8-21(30)14-26(20)35-28(37)34-22-10-12-24(38-3)13-11-22/h6-15,18,32H,4-5,17H2,1-3H3,(H,33,36)(H2,34,35,37). The first-order valence-electron chi connectivity index (χ1n) is 12.3. The van der Waals surface area contributed by atoms with Crippen molar-refractivity contribution < 1.29 is 14.0 Å². The second-order valence-corrected chi connectivity index (χ2v) is 10.6. The maximum Gasteiger partial charge on any atom is 0.323 e. The fourth-order valence-corrected chi connectivity index (χ4v) is 4.34. The molecule has 196 valence electrons. The third-order valence-electron chi connectivity index (χ3n) is 6.40. The summed E-state index contributed by atoms with van der Waals surface area (Å²) in [6.07, 6.45) is 4.07. The molecule has 0 aromatic heterocycles. The van der Waals surface area contributed by atoms with Crippen LogP contribution in [0.15, 0.2) is 65.6 Å². The van der Waals surface area contributed by atoms with Gasteiger partial charge in [0.15, 0.2) is 0 Å². The molecule has 1 fully saturated rings. The molecule has 4 rings (SSSR count). The van der Waals surface area contributed by atoms with E-state index in [0.29, 0.717) is 34.1 Å². The lowest BCUT2D eigenvalue weighted by atomic mass is 10.0. The van der Waals surface area contributed by atoms with E-state index in [9.17, 15) is 19.2 Å². The number of carbonyl (C=O) groups is 2. The van der Waals surface area contributed by atoms with Crippen LogP contribution in [-0.2, 0) is 11.3 Å². The van der Waals surface area contributed by atoms with Crippen molar-refractivity contribution >= 4 is 40.8 Å². The van der Waals surface area contributed by atoms with E-state index in [4.69, 9.17) is 0 Å². The molecular formula is C29H30FN5O2S. The minimum atomic E-state index is -0.986. The zero-order chi connectivity index (χ0) is 27.3. The molecule has 1 aliphatic rings. The molecule has 0 aliphatic heterocycles. The van der Waals surface area contributed by atoms with Crippen molar-refractivity contribution in [2.75, 3.05) is 22.2 Å². The average Bonchev–Trinajstić information content (AvgIpc) is 3.74. The highest BCUT2D eigenvalue weighted by Crippen LogP contribution is 2.42. The summed E-state index contributed by atoms with van der Waals surface area (Å²) in [5.41, 5.74) is 2.79. The Kier molecular flexibility index (Phi) is 8.35. The topological polar surface area (TPSA) is 106 Å². The van der Waals surface area contributed by atoms with Gasteiger partial charge in [-0.3, -0.25) is 10.1 Å². The predicted octanol–water partition coefficient (Wildman–Crippen LogP) is 6.45. The molecule has 0 bridgehead atoms. The van der Waals surface area contributed by atoms with Crippen molar-refractivity contribution in [2.24, 2.45) is 0 Å². The first kappa shape index (κ1) is 27.2. The van der Waals surface area contributed by atoms with Crippen LogP contribution in [0.2, 0.25) is 0 Å². The molecule has 0 spiro atoms. The van der Waals surface area contributed by atoms with Crippen molar-refractivity contribution in [1.82, 2.24) is 5.32 Å². The van der Waals surface area contributed by atoms with Gasteiger partial charge in [0.25, 0.3) is 0 Å². The number of nitrogens with zero attached hydrogens (tertiary/aromatic N) is 1. The van der Waals surface area contributed by atoms with Crippen LogP contribution in [0.1, 0.15) is 49.3 Å². The highest BCUT2D eigenvalue weighted by Gasteiger charge is 2.29. The van der Waals surface area contributed by atoms with Gasteiger partial charge in [0.05, 0.1) is 17.2 Å². The third-order valence-corrected chi connectivity index (χ3v) is 7.15. The van der Waals surface area contributed by atoms with Crippen LogP contribution in [0.3, 0.4) is 0 Å². The van der Waals surface area contributed by atoms with Crippen molar-refractivity contribution in [2.45, 2.75) is 49.6 Å². The van der Waals surface area contributed by atoms with E-state index in [0.717, 1.165) is 23.3 Å². The van der Waals surface area contributed by atoms with Crippen LogP contribution in [0.25, 0.3) is 0 Å². The van der Waals surface area contributed by atoms with E-state index in [-0.39, 0.29) is 12.5 Å². The zero-order valence-electron chi connectivity index (χ0n) is 21.5. The van der Waals surface area contributed by atoms with Crippen molar-refractivity contribution in [3.05, 3.63) is 83.2 Å². The second-order valence-electron chi connectivity index (χ2n) is 9.73. The summed E-state index contributed by atoms with van der Waals surface area (Å²) in [4.78, 5) is 26.7. The summed E-state index contributed by atoms with van der Waals surface area (Å²) >= 11 is 1.60. The van der Waals surface area contributed by atoms with Gasteiger partial charge in [0.2, 0.25) is 5.91 Å². The van der Waals surface area contributed by atoms with Gasteiger partial charge in [0, 0.05) is 28.5 Å². The number of urea groups is 1. The number of hydrogen-bond donors (Lipinski definition) is 4. The number of nitrogens with one attached hydrogen (secondary N) is 4. The second kappa shape index (κ2) is 11.7. The number of anilines is 3. The lowest BCUT2D eigenvalue weighted by Crippen LogP contribution is -2.49. The fraction of sp³-hybridized carbons (Fsp3) is 0.276. The Bertz CT molecular complexity index is 1380. The van der Waals surface area contributed by atoms with E-state index >= 15 is 0 Å². The first-order valence-corrected chi connectivity index (χ1v) is 13.5. The van der Waals surface area contributed by atoms with Crippen LogP contribution in [0.4, 0.5) is 26.2 Å². The van der Waals surface area contributed by atoms with Crippen LogP contribution in [-0.4, -0.2) is 23.7 Å². The molecule has 3 aromatic rings. The molecule has 0 unspecified atom stereocenters. The number of thioether (sulfide) groups is 1. The summed E-state index contributed by atoms with van der Waals surface area (Å²) in [6, 6.07) is 18.6. The maximum absolute atomic E-state index is 14.0.